The number of anilines is 1. The van der Waals surface area contributed by atoms with Gasteiger partial charge in [0, 0.05) is 33.4 Å². The maximum atomic E-state index is 12.3. The van der Waals surface area contributed by atoms with Gasteiger partial charge in [-0.05, 0) is 6.07 Å². The number of benzene rings is 1. The number of nitro groups is 1. The van der Waals surface area contributed by atoms with Gasteiger partial charge in [-0.2, -0.15) is 0 Å². The van der Waals surface area contributed by atoms with Crippen LogP contribution in [0.5, 0.6) is 5.75 Å². The molecule has 10 heteroatoms. The van der Waals surface area contributed by atoms with Crippen LogP contribution < -0.4 is 10.1 Å². The molecule has 0 aromatic heterocycles. The van der Waals surface area contributed by atoms with Crippen molar-refractivity contribution in [2.75, 3.05) is 52.9 Å². The fraction of sp³-hybridized carbons (Fsp3) is 0.467. The predicted octanol–water partition coefficient (Wildman–Crippen LogP) is 0.663. The van der Waals surface area contributed by atoms with Crippen LogP contribution in [-0.4, -0.2) is 69.3 Å². The van der Waals surface area contributed by atoms with Gasteiger partial charge in [0.2, 0.25) is 0 Å². The number of nitrogens with zero attached hydrogens (tertiary/aromatic N) is 2. The number of nitrogens with one attached hydrogen (secondary N) is 1. The van der Waals surface area contributed by atoms with Gasteiger partial charge in [-0.3, -0.25) is 19.7 Å². The Bertz CT molecular complexity index is 613. The van der Waals surface area contributed by atoms with E-state index in [0.717, 1.165) is 6.07 Å². The highest BCUT2D eigenvalue weighted by Crippen LogP contribution is 2.28. The number of carbonyl (C=O) groups is 2. The minimum atomic E-state index is -0.889. The van der Waals surface area contributed by atoms with Crippen molar-refractivity contribution in [1.29, 1.82) is 0 Å². The van der Waals surface area contributed by atoms with E-state index in [9.17, 15) is 19.7 Å². The van der Waals surface area contributed by atoms with Gasteiger partial charge in [0.15, 0.2) is 0 Å². The molecule has 0 aliphatic heterocycles. The minimum Gasteiger partial charge on any atom is -0.494 e. The Hall–Kier alpha value is -2.72. The molecule has 25 heavy (non-hydrogen) atoms. The lowest BCUT2D eigenvalue weighted by Crippen LogP contribution is -2.43. The summed E-state index contributed by atoms with van der Waals surface area (Å²) in [6.45, 7) is 0.986. The molecule has 0 atom stereocenters. The maximum Gasteiger partial charge on any atom is 0.314 e. The molecule has 0 fully saturated rings. The molecule has 0 unspecified atom stereocenters. The lowest BCUT2D eigenvalue weighted by molar-refractivity contribution is -0.384. The first-order valence-corrected chi connectivity index (χ1v) is 7.35. The van der Waals surface area contributed by atoms with E-state index in [4.69, 9.17) is 14.2 Å². The average molecular weight is 355 g/mol. The van der Waals surface area contributed by atoms with Gasteiger partial charge in [-0.1, -0.05) is 0 Å². The van der Waals surface area contributed by atoms with Crippen molar-refractivity contribution >= 4 is 23.2 Å². The smallest absolute Gasteiger partial charge is 0.314 e. The normalized spacial score (nSPS) is 10.2. The van der Waals surface area contributed by atoms with E-state index in [-0.39, 0.29) is 43.4 Å². The number of carbonyl (C=O) groups excluding carboxylic acids is 2. The molecule has 0 bridgehead atoms. The molecule has 0 saturated heterocycles. The van der Waals surface area contributed by atoms with Crippen LogP contribution in [0.4, 0.5) is 11.4 Å². The van der Waals surface area contributed by atoms with Crippen LogP contribution in [0, 0.1) is 10.1 Å². The van der Waals surface area contributed by atoms with Gasteiger partial charge >= 0.3 is 11.8 Å². The lowest BCUT2D eigenvalue weighted by Gasteiger charge is -2.21. The first-order valence-electron chi connectivity index (χ1n) is 7.35. The summed E-state index contributed by atoms with van der Waals surface area (Å²) in [4.78, 5) is 36.0. The Morgan fingerprint density at radius 2 is 1.76 bits per heavy atom. The number of hydrogen-bond donors (Lipinski definition) is 1. The SMILES string of the molecule is COCCN(CCOC)C(=O)C(=O)Nc1ccc([N+](=O)[O-])cc1OC. The second-order valence-electron chi connectivity index (χ2n) is 4.87. The summed E-state index contributed by atoms with van der Waals surface area (Å²) in [5, 5.41) is 13.2. The van der Waals surface area contributed by atoms with E-state index in [0.29, 0.717) is 0 Å². The van der Waals surface area contributed by atoms with E-state index in [2.05, 4.69) is 5.32 Å². The third-order valence-corrected chi connectivity index (χ3v) is 3.26. The number of rotatable bonds is 9. The van der Waals surface area contributed by atoms with Crippen molar-refractivity contribution in [1.82, 2.24) is 4.90 Å². The monoisotopic (exact) mass is 355 g/mol. The van der Waals surface area contributed by atoms with Crippen molar-refractivity contribution in [3.8, 4) is 5.75 Å². The fourth-order valence-corrected chi connectivity index (χ4v) is 1.93. The predicted molar refractivity (Wildman–Crippen MR) is 88.6 cm³/mol. The van der Waals surface area contributed by atoms with Crippen LogP contribution in [0.25, 0.3) is 0 Å². The summed E-state index contributed by atoms with van der Waals surface area (Å²) < 4.78 is 14.9. The molecule has 0 radical (unpaired) electrons. The highest BCUT2D eigenvalue weighted by Gasteiger charge is 2.23. The van der Waals surface area contributed by atoms with Gasteiger partial charge < -0.3 is 24.4 Å². The highest BCUT2D eigenvalue weighted by atomic mass is 16.6. The summed E-state index contributed by atoms with van der Waals surface area (Å²) >= 11 is 0. The van der Waals surface area contributed by atoms with Gasteiger partial charge in [-0.25, -0.2) is 0 Å². The Labute approximate surface area is 144 Å². The third kappa shape index (κ3) is 6.01. The molecule has 0 aliphatic rings. The molecule has 10 nitrogen and oxygen atoms in total. The zero-order valence-electron chi connectivity index (χ0n) is 14.3. The van der Waals surface area contributed by atoms with Crippen LogP contribution in [0.3, 0.4) is 0 Å². The zero-order chi connectivity index (χ0) is 18.8. The number of ether oxygens (including phenoxy) is 3. The topological polar surface area (TPSA) is 120 Å². The van der Waals surface area contributed by atoms with Crippen LogP contribution in [-0.2, 0) is 19.1 Å². The minimum absolute atomic E-state index is 0.0793. The first kappa shape index (κ1) is 20.3. The van der Waals surface area contributed by atoms with Gasteiger partial charge in [0.05, 0.1) is 37.0 Å². The van der Waals surface area contributed by atoms with E-state index in [1.54, 1.807) is 0 Å². The summed E-state index contributed by atoms with van der Waals surface area (Å²) in [6.07, 6.45) is 0. The molecule has 1 aromatic carbocycles. The molecule has 1 rings (SSSR count). The molecular formula is C15H21N3O7. The van der Waals surface area contributed by atoms with Crippen LogP contribution in [0.2, 0.25) is 0 Å². The molecule has 0 aliphatic carbocycles. The zero-order valence-corrected chi connectivity index (χ0v) is 14.3. The standard InChI is InChI=1S/C15H21N3O7/c1-23-8-6-17(7-9-24-2)15(20)14(19)16-12-5-4-11(18(21)22)10-13(12)25-3/h4-5,10H,6-9H2,1-3H3,(H,16,19). The number of nitro benzene ring substituents is 1. The van der Waals surface area contributed by atoms with E-state index in [1.165, 1.54) is 38.4 Å². The molecule has 0 spiro atoms. The van der Waals surface area contributed by atoms with Crippen molar-refractivity contribution in [2.45, 2.75) is 0 Å². The van der Waals surface area contributed by atoms with Gasteiger partial charge in [0.1, 0.15) is 5.75 Å². The summed E-state index contributed by atoms with van der Waals surface area (Å²) in [5.74, 6) is -1.58. The Balaban J connectivity index is 2.87. The molecule has 138 valence electrons. The highest BCUT2D eigenvalue weighted by molar-refractivity contribution is 6.39. The number of amides is 2. The first-order chi connectivity index (χ1) is 11.9. The van der Waals surface area contributed by atoms with Crippen molar-refractivity contribution in [2.24, 2.45) is 0 Å². The number of non-ortho nitro benzene ring substituents is 1. The molecule has 1 N–H and O–H groups in total. The summed E-state index contributed by atoms with van der Waals surface area (Å²) in [6, 6.07) is 3.67. The molecular weight excluding hydrogens is 334 g/mol. The molecule has 1 aromatic rings. The lowest BCUT2D eigenvalue weighted by atomic mass is 10.2. The average Bonchev–Trinajstić information content (AvgIpc) is 2.61. The summed E-state index contributed by atoms with van der Waals surface area (Å²) in [5.41, 5.74) is -0.0344. The van der Waals surface area contributed by atoms with E-state index < -0.39 is 16.7 Å². The third-order valence-electron chi connectivity index (χ3n) is 3.26. The molecule has 0 saturated carbocycles. The Kier molecular flexibility index (Phi) is 8.30. The summed E-state index contributed by atoms with van der Waals surface area (Å²) in [7, 11) is 4.28. The Morgan fingerprint density at radius 3 is 2.24 bits per heavy atom. The second kappa shape index (κ2) is 10.2. The van der Waals surface area contributed by atoms with Crippen molar-refractivity contribution in [3.63, 3.8) is 0 Å². The number of methoxy groups -OCH3 is 3. The van der Waals surface area contributed by atoms with E-state index >= 15 is 0 Å². The van der Waals surface area contributed by atoms with E-state index in [1.807, 2.05) is 0 Å². The molecule has 2 amide bonds. The second-order valence-corrected chi connectivity index (χ2v) is 4.87. The van der Waals surface area contributed by atoms with Crippen molar-refractivity contribution < 1.29 is 28.7 Å². The molecule has 0 heterocycles. The van der Waals surface area contributed by atoms with Crippen LogP contribution in [0.1, 0.15) is 0 Å². The maximum absolute atomic E-state index is 12.3. The largest absolute Gasteiger partial charge is 0.494 e. The van der Waals surface area contributed by atoms with Crippen LogP contribution in [0.15, 0.2) is 18.2 Å². The Morgan fingerprint density at radius 1 is 1.16 bits per heavy atom. The van der Waals surface area contributed by atoms with Crippen LogP contribution >= 0.6 is 0 Å². The van der Waals surface area contributed by atoms with Gasteiger partial charge in [-0.15, -0.1) is 0 Å². The van der Waals surface area contributed by atoms with Gasteiger partial charge in [0.25, 0.3) is 5.69 Å². The fourth-order valence-electron chi connectivity index (χ4n) is 1.93. The quantitative estimate of drug-likeness (QED) is 0.392. The van der Waals surface area contributed by atoms with Crippen molar-refractivity contribution in [3.05, 3.63) is 28.3 Å². The number of hydrogen-bond acceptors (Lipinski definition) is 7.